The highest BCUT2D eigenvalue weighted by atomic mass is 32.1. The number of benzene rings is 1. The van der Waals surface area contributed by atoms with Gasteiger partial charge in [-0.05, 0) is 17.5 Å². The highest BCUT2D eigenvalue weighted by Gasteiger charge is 2.19. The maximum absolute atomic E-state index is 13.0. The molecule has 136 valence electrons. The summed E-state index contributed by atoms with van der Waals surface area (Å²) < 4.78 is 12.5. The van der Waals surface area contributed by atoms with Crippen LogP contribution >= 0.6 is 11.3 Å². The smallest absolute Gasteiger partial charge is 0.261 e. The molecule has 26 heavy (non-hydrogen) atoms. The quantitative estimate of drug-likeness (QED) is 0.705. The number of methoxy groups -OCH3 is 2. The number of ether oxygens (including phenoxy) is 2. The van der Waals surface area contributed by atoms with Crippen LogP contribution in [-0.4, -0.2) is 41.8 Å². The molecule has 0 radical (unpaired) electrons. The lowest BCUT2D eigenvalue weighted by atomic mass is 10.2. The average molecular weight is 371 g/mol. The molecule has 4 rings (SSSR count). The topological polar surface area (TPSA) is 56.6 Å². The summed E-state index contributed by atoms with van der Waals surface area (Å²) in [5, 5.41) is 2.67. The summed E-state index contributed by atoms with van der Waals surface area (Å²) in [5.74, 6) is 1.97. The summed E-state index contributed by atoms with van der Waals surface area (Å²) in [6, 6.07) is 7.74. The first kappa shape index (κ1) is 17.1. The fraction of sp³-hybridized carbons (Fsp3) is 0.368. The number of nitrogens with zero attached hydrogens (tertiary/aromatic N) is 3. The van der Waals surface area contributed by atoms with E-state index in [4.69, 9.17) is 14.5 Å². The summed E-state index contributed by atoms with van der Waals surface area (Å²) in [7, 11) is 3.16. The first-order valence-corrected chi connectivity index (χ1v) is 9.47. The number of fused-ring (bicyclic) bond motifs is 2. The van der Waals surface area contributed by atoms with E-state index in [2.05, 4.69) is 22.4 Å². The Bertz CT molecular complexity index is 982. The molecule has 3 aromatic rings. The standard InChI is InChI=1S/C19H21N3O3S/c1-24-16-10-14-15(11-17(16)25-2)20-18-5-6-21(7-8-22(18)19(14)23)12-13-4-3-9-26-13/h3-4,9-11H,5-8,12H2,1-2H3. The Kier molecular flexibility index (Phi) is 4.65. The number of aromatic nitrogens is 2. The molecule has 0 spiro atoms. The zero-order chi connectivity index (χ0) is 18.1. The van der Waals surface area contributed by atoms with Crippen LogP contribution in [0.25, 0.3) is 10.9 Å². The molecule has 1 aliphatic rings. The van der Waals surface area contributed by atoms with Gasteiger partial charge in [0.25, 0.3) is 5.56 Å². The molecule has 0 saturated heterocycles. The molecule has 7 heteroatoms. The minimum atomic E-state index is -0.0103. The van der Waals surface area contributed by atoms with Gasteiger partial charge < -0.3 is 9.47 Å². The molecule has 0 fully saturated rings. The van der Waals surface area contributed by atoms with E-state index in [1.165, 1.54) is 4.88 Å². The summed E-state index contributed by atoms with van der Waals surface area (Å²) in [4.78, 5) is 21.5. The molecule has 0 atom stereocenters. The van der Waals surface area contributed by atoms with Crippen molar-refractivity contribution in [1.82, 2.24) is 14.5 Å². The Morgan fingerprint density at radius 3 is 2.69 bits per heavy atom. The molecule has 0 amide bonds. The van der Waals surface area contributed by atoms with Crippen molar-refractivity contribution < 1.29 is 9.47 Å². The molecular formula is C19H21N3O3S. The third-order valence-electron chi connectivity index (χ3n) is 4.79. The lowest BCUT2D eigenvalue weighted by Crippen LogP contribution is -2.28. The number of thiophene rings is 1. The van der Waals surface area contributed by atoms with Crippen LogP contribution in [0.15, 0.2) is 34.4 Å². The van der Waals surface area contributed by atoms with Crippen molar-refractivity contribution in [3.05, 3.63) is 50.7 Å². The van der Waals surface area contributed by atoms with Crippen LogP contribution in [0.2, 0.25) is 0 Å². The molecule has 2 aromatic heterocycles. The molecule has 0 unspecified atom stereocenters. The van der Waals surface area contributed by atoms with Gasteiger partial charge in [0.1, 0.15) is 5.82 Å². The molecule has 1 aliphatic heterocycles. The summed E-state index contributed by atoms with van der Waals surface area (Å²) in [6.07, 6.45) is 0.755. The van der Waals surface area contributed by atoms with Crippen molar-refractivity contribution in [2.45, 2.75) is 19.5 Å². The molecule has 0 aliphatic carbocycles. The number of hydrogen-bond donors (Lipinski definition) is 0. The second-order valence-corrected chi connectivity index (χ2v) is 7.35. The largest absolute Gasteiger partial charge is 0.493 e. The summed E-state index contributed by atoms with van der Waals surface area (Å²) in [6.45, 7) is 3.30. The van der Waals surface area contributed by atoms with Crippen molar-refractivity contribution in [2.24, 2.45) is 0 Å². The van der Waals surface area contributed by atoms with E-state index in [0.717, 1.165) is 31.9 Å². The molecular weight excluding hydrogens is 350 g/mol. The monoisotopic (exact) mass is 371 g/mol. The van der Waals surface area contributed by atoms with E-state index in [1.54, 1.807) is 37.7 Å². The molecule has 3 heterocycles. The van der Waals surface area contributed by atoms with Gasteiger partial charge in [-0.2, -0.15) is 0 Å². The van der Waals surface area contributed by atoms with Gasteiger partial charge in [0.05, 0.1) is 25.1 Å². The van der Waals surface area contributed by atoms with E-state index in [9.17, 15) is 4.79 Å². The minimum Gasteiger partial charge on any atom is -0.493 e. The predicted molar refractivity (Wildman–Crippen MR) is 102 cm³/mol. The van der Waals surface area contributed by atoms with Crippen molar-refractivity contribution in [1.29, 1.82) is 0 Å². The Balaban J connectivity index is 1.70. The first-order valence-electron chi connectivity index (χ1n) is 8.60. The van der Waals surface area contributed by atoms with Crippen molar-refractivity contribution in [3.63, 3.8) is 0 Å². The maximum Gasteiger partial charge on any atom is 0.261 e. The van der Waals surface area contributed by atoms with Crippen LogP contribution < -0.4 is 15.0 Å². The average Bonchev–Trinajstić information content (AvgIpc) is 3.08. The van der Waals surface area contributed by atoms with Crippen LogP contribution in [0.4, 0.5) is 0 Å². The number of hydrogen-bond acceptors (Lipinski definition) is 6. The third-order valence-corrected chi connectivity index (χ3v) is 5.65. The first-order chi connectivity index (χ1) is 12.7. The van der Waals surface area contributed by atoms with Gasteiger partial charge in [-0.3, -0.25) is 14.3 Å². The van der Waals surface area contributed by atoms with Crippen LogP contribution in [-0.2, 0) is 19.5 Å². The lowest BCUT2D eigenvalue weighted by Gasteiger charge is -2.18. The lowest BCUT2D eigenvalue weighted by molar-refractivity contribution is 0.273. The second-order valence-electron chi connectivity index (χ2n) is 6.31. The summed E-state index contributed by atoms with van der Waals surface area (Å²) in [5.41, 5.74) is 0.648. The molecule has 1 aromatic carbocycles. The van der Waals surface area contributed by atoms with Gasteiger partial charge in [0, 0.05) is 43.5 Å². The van der Waals surface area contributed by atoms with E-state index in [1.807, 2.05) is 4.57 Å². The molecule has 0 saturated carbocycles. The zero-order valence-electron chi connectivity index (χ0n) is 14.9. The summed E-state index contributed by atoms with van der Waals surface area (Å²) >= 11 is 1.77. The Morgan fingerprint density at radius 1 is 1.15 bits per heavy atom. The minimum absolute atomic E-state index is 0.0103. The predicted octanol–water partition coefficient (Wildman–Crippen LogP) is 2.53. The SMILES string of the molecule is COc1cc2nc3n(c(=O)c2cc1OC)CCN(Cc1cccs1)CC3. The van der Waals surface area contributed by atoms with Crippen molar-refractivity contribution in [3.8, 4) is 11.5 Å². The molecule has 0 bridgehead atoms. The fourth-order valence-corrected chi connectivity index (χ4v) is 4.15. The van der Waals surface area contributed by atoms with Gasteiger partial charge >= 0.3 is 0 Å². The highest BCUT2D eigenvalue weighted by Crippen LogP contribution is 2.30. The zero-order valence-corrected chi connectivity index (χ0v) is 15.7. The van der Waals surface area contributed by atoms with Crippen molar-refractivity contribution >= 4 is 22.2 Å². The van der Waals surface area contributed by atoms with Gasteiger partial charge in [0.15, 0.2) is 11.5 Å². The van der Waals surface area contributed by atoms with Crippen LogP contribution in [0.1, 0.15) is 10.7 Å². The Labute approximate surface area is 155 Å². The maximum atomic E-state index is 13.0. The Morgan fingerprint density at radius 2 is 1.96 bits per heavy atom. The van der Waals surface area contributed by atoms with Crippen LogP contribution in [0.3, 0.4) is 0 Å². The van der Waals surface area contributed by atoms with Crippen LogP contribution in [0, 0.1) is 0 Å². The molecule has 0 N–H and O–H groups in total. The molecule has 6 nitrogen and oxygen atoms in total. The fourth-order valence-electron chi connectivity index (χ4n) is 3.41. The number of rotatable bonds is 4. The second kappa shape index (κ2) is 7.09. The normalized spacial score (nSPS) is 14.8. The van der Waals surface area contributed by atoms with Gasteiger partial charge in [-0.1, -0.05) is 6.07 Å². The Hall–Kier alpha value is -2.38. The van der Waals surface area contributed by atoms with Gasteiger partial charge in [-0.25, -0.2) is 4.98 Å². The van der Waals surface area contributed by atoms with E-state index < -0.39 is 0 Å². The van der Waals surface area contributed by atoms with Gasteiger partial charge in [-0.15, -0.1) is 11.3 Å². The van der Waals surface area contributed by atoms with E-state index >= 15 is 0 Å². The van der Waals surface area contributed by atoms with Gasteiger partial charge in [0.2, 0.25) is 0 Å². The highest BCUT2D eigenvalue weighted by molar-refractivity contribution is 7.09. The third kappa shape index (κ3) is 3.08. The van der Waals surface area contributed by atoms with Crippen molar-refractivity contribution in [2.75, 3.05) is 27.3 Å². The van der Waals surface area contributed by atoms with E-state index in [0.29, 0.717) is 28.9 Å². The van der Waals surface area contributed by atoms with Crippen LogP contribution in [0.5, 0.6) is 11.5 Å². The van der Waals surface area contributed by atoms with E-state index in [-0.39, 0.29) is 5.56 Å².